The first-order chi connectivity index (χ1) is 11.2. The van der Waals surface area contributed by atoms with Crippen molar-refractivity contribution in [3.63, 3.8) is 0 Å². The number of nitrogens with zero attached hydrogens (tertiary/aromatic N) is 1. The number of rotatable bonds is 5. The predicted octanol–water partition coefficient (Wildman–Crippen LogP) is 2.67. The maximum atomic E-state index is 13.2. The molecule has 3 atom stereocenters. The van der Waals surface area contributed by atoms with E-state index in [2.05, 4.69) is 10.3 Å². The Morgan fingerprint density at radius 1 is 1.22 bits per heavy atom. The average Bonchev–Trinajstić information content (AvgIpc) is 2.57. The summed E-state index contributed by atoms with van der Waals surface area (Å²) < 4.78 is 19.0. The maximum absolute atomic E-state index is 13.2. The molecule has 1 aliphatic carbocycles. The van der Waals surface area contributed by atoms with Crippen molar-refractivity contribution < 1.29 is 14.2 Å². The van der Waals surface area contributed by atoms with Crippen LogP contribution in [0.15, 0.2) is 48.7 Å². The van der Waals surface area contributed by atoms with Gasteiger partial charge < -0.3 is 15.2 Å². The lowest BCUT2D eigenvalue weighted by Gasteiger charge is -2.35. The minimum Gasteiger partial charge on any atom is -0.488 e. The molecule has 0 radical (unpaired) electrons. The van der Waals surface area contributed by atoms with Crippen LogP contribution in [0.4, 0.5) is 4.39 Å². The quantitative estimate of drug-likeness (QED) is 0.890. The van der Waals surface area contributed by atoms with Crippen molar-refractivity contribution in [2.45, 2.75) is 44.1 Å². The van der Waals surface area contributed by atoms with E-state index in [0.29, 0.717) is 12.3 Å². The molecule has 1 aromatic heterocycles. The second-order valence-electron chi connectivity index (χ2n) is 5.84. The zero-order valence-electron chi connectivity index (χ0n) is 12.9. The van der Waals surface area contributed by atoms with Crippen molar-refractivity contribution in [2.24, 2.45) is 0 Å². The average molecular weight is 316 g/mol. The number of halogens is 1. The summed E-state index contributed by atoms with van der Waals surface area (Å²) in [7, 11) is 0. The van der Waals surface area contributed by atoms with Gasteiger partial charge in [0, 0.05) is 24.8 Å². The molecule has 2 N–H and O–H groups in total. The Kier molecular flexibility index (Phi) is 5.20. The minimum absolute atomic E-state index is 0.0516. The van der Waals surface area contributed by atoms with Gasteiger partial charge in [0.1, 0.15) is 23.8 Å². The van der Waals surface area contributed by atoms with Gasteiger partial charge in [0.05, 0.1) is 5.69 Å². The summed E-state index contributed by atoms with van der Waals surface area (Å²) in [6, 6.07) is 11.8. The standard InChI is InChI=1S/C18H21FN2O2/c19-13-5-3-7-15(11-13)23-17-9-4-8-16(18(17)22)21-12-14-6-1-2-10-20-14/h1-3,5-7,10-11,16-18,21-22H,4,8-9,12H2/t16-,17+,18+/m0/s1. The number of ether oxygens (including phenoxy) is 1. The van der Waals surface area contributed by atoms with Gasteiger partial charge in [-0.3, -0.25) is 4.98 Å². The van der Waals surface area contributed by atoms with Gasteiger partial charge in [-0.2, -0.15) is 0 Å². The molecule has 122 valence electrons. The fourth-order valence-electron chi connectivity index (χ4n) is 2.94. The number of aliphatic hydroxyl groups is 1. The summed E-state index contributed by atoms with van der Waals surface area (Å²) in [6.07, 6.45) is 3.40. The second kappa shape index (κ2) is 7.53. The zero-order chi connectivity index (χ0) is 16.1. The molecule has 0 bridgehead atoms. The van der Waals surface area contributed by atoms with Crippen molar-refractivity contribution in [3.05, 3.63) is 60.2 Å². The number of hydrogen-bond donors (Lipinski definition) is 2. The van der Waals surface area contributed by atoms with E-state index in [1.165, 1.54) is 12.1 Å². The first-order valence-electron chi connectivity index (χ1n) is 7.96. The fourth-order valence-corrected chi connectivity index (χ4v) is 2.94. The predicted molar refractivity (Wildman–Crippen MR) is 85.5 cm³/mol. The normalized spacial score (nSPS) is 24.3. The molecule has 2 aromatic rings. The maximum Gasteiger partial charge on any atom is 0.126 e. The molecule has 0 amide bonds. The molecule has 1 saturated carbocycles. The highest BCUT2D eigenvalue weighted by Gasteiger charge is 2.33. The summed E-state index contributed by atoms with van der Waals surface area (Å²) in [6.45, 7) is 0.606. The highest BCUT2D eigenvalue weighted by Crippen LogP contribution is 2.25. The van der Waals surface area contributed by atoms with E-state index >= 15 is 0 Å². The van der Waals surface area contributed by atoms with Crippen LogP contribution in [0.25, 0.3) is 0 Å². The lowest BCUT2D eigenvalue weighted by molar-refractivity contribution is -0.0159. The molecular formula is C18H21FN2O2. The van der Waals surface area contributed by atoms with Gasteiger partial charge in [0.2, 0.25) is 0 Å². The van der Waals surface area contributed by atoms with Gasteiger partial charge in [0.15, 0.2) is 0 Å². The summed E-state index contributed by atoms with van der Waals surface area (Å²) >= 11 is 0. The van der Waals surface area contributed by atoms with Crippen LogP contribution in [0, 0.1) is 5.82 Å². The van der Waals surface area contributed by atoms with Crippen LogP contribution in [0.2, 0.25) is 0 Å². The molecule has 3 rings (SSSR count). The molecule has 0 saturated heterocycles. The Morgan fingerprint density at radius 2 is 2.13 bits per heavy atom. The highest BCUT2D eigenvalue weighted by molar-refractivity contribution is 5.23. The van der Waals surface area contributed by atoms with Crippen molar-refractivity contribution in [1.29, 1.82) is 0 Å². The molecular weight excluding hydrogens is 295 g/mol. The van der Waals surface area contributed by atoms with Crippen molar-refractivity contribution in [3.8, 4) is 5.75 Å². The Balaban J connectivity index is 1.58. The van der Waals surface area contributed by atoms with Crippen molar-refractivity contribution in [1.82, 2.24) is 10.3 Å². The molecule has 5 heteroatoms. The molecule has 1 heterocycles. The number of nitrogens with one attached hydrogen (secondary N) is 1. The zero-order valence-corrected chi connectivity index (χ0v) is 12.9. The van der Waals surface area contributed by atoms with E-state index in [1.807, 2.05) is 18.2 Å². The molecule has 0 unspecified atom stereocenters. The monoisotopic (exact) mass is 316 g/mol. The Bertz CT molecular complexity index is 623. The number of aliphatic hydroxyl groups excluding tert-OH is 1. The Hall–Kier alpha value is -1.98. The summed E-state index contributed by atoms with van der Waals surface area (Å²) in [5, 5.41) is 13.9. The van der Waals surface area contributed by atoms with Gasteiger partial charge in [0.25, 0.3) is 0 Å². The van der Waals surface area contributed by atoms with E-state index in [1.54, 1.807) is 18.3 Å². The van der Waals surface area contributed by atoms with Gasteiger partial charge in [-0.25, -0.2) is 4.39 Å². The first-order valence-corrected chi connectivity index (χ1v) is 7.96. The van der Waals surface area contributed by atoms with Crippen molar-refractivity contribution in [2.75, 3.05) is 0 Å². The van der Waals surface area contributed by atoms with Crippen LogP contribution in [-0.4, -0.2) is 28.3 Å². The third kappa shape index (κ3) is 4.27. The van der Waals surface area contributed by atoms with E-state index in [9.17, 15) is 9.50 Å². The largest absolute Gasteiger partial charge is 0.488 e. The van der Waals surface area contributed by atoms with E-state index in [4.69, 9.17) is 4.74 Å². The minimum atomic E-state index is -0.629. The highest BCUT2D eigenvalue weighted by atomic mass is 19.1. The van der Waals surface area contributed by atoms with Crippen LogP contribution >= 0.6 is 0 Å². The molecule has 0 aliphatic heterocycles. The number of aromatic nitrogens is 1. The van der Waals surface area contributed by atoms with E-state index in [-0.39, 0.29) is 18.0 Å². The number of hydrogen-bond acceptors (Lipinski definition) is 4. The summed E-state index contributed by atoms with van der Waals surface area (Å²) in [5.74, 6) is 0.122. The topological polar surface area (TPSA) is 54.4 Å². The van der Waals surface area contributed by atoms with E-state index < -0.39 is 6.10 Å². The Morgan fingerprint density at radius 3 is 2.91 bits per heavy atom. The molecule has 0 spiro atoms. The van der Waals surface area contributed by atoms with Crippen LogP contribution in [0.1, 0.15) is 25.0 Å². The van der Waals surface area contributed by atoms with Crippen LogP contribution in [0.5, 0.6) is 5.75 Å². The first kappa shape index (κ1) is 15.9. The lowest BCUT2D eigenvalue weighted by Crippen LogP contribution is -2.51. The third-order valence-corrected chi connectivity index (χ3v) is 4.15. The van der Waals surface area contributed by atoms with Crippen LogP contribution in [0.3, 0.4) is 0 Å². The summed E-state index contributed by atoms with van der Waals surface area (Å²) in [4.78, 5) is 4.27. The smallest absolute Gasteiger partial charge is 0.126 e. The van der Waals surface area contributed by atoms with Gasteiger partial charge in [-0.15, -0.1) is 0 Å². The molecule has 1 fully saturated rings. The molecule has 1 aromatic carbocycles. The Labute approximate surface area is 135 Å². The van der Waals surface area contributed by atoms with Crippen LogP contribution in [-0.2, 0) is 6.54 Å². The van der Waals surface area contributed by atoms with Gasteiger partial charge in [-0.1, -0.05) is 12.1 Å². The number of benzene rings is 1. The van der Waals surface area contributed by atoms with Gasteiger partial charge >= 0.3 is 0 Å². The van der Waals surface area contributed by atoms with Crippen molar-refractivity contribution >= 4 is 0 Å². The van der Waals surface area contributed by atoms with Crippen LogP contribution < -0.4 is 10.1 Å². The molecule has 4 nitrogen and oxygen atoms in total. The summed E-state index contributed by atoms with van der Waals surface area (Å²) in [5.41, 5.74) is 0.938. The fraction of sp³-hybridized carbons (Fsp3) is 0.389. The third-order valence-electron chi connectivity index (χ3n) is 4.15. The second-order valence-corrected chi connectivity index (χ2v) is 5.84. The molecule has 1 aliphatic rings. The van der Waals surface area contributed by atoms with Gasteiger partial charge in [-0.05, 0) is 43.5 Å². The SMILES string of the molecule is O[C@@H]1[C@@H](NCc2ccccn2)CCC[C@H]1Oc1cccc(F)c1. The lowest BCUT2D eigenvalue weighted by atomic mass is 9.89. The van der Waals surface area contributed by atoms with E-state index in [0.717, 1.165) is 25.0 Å². The molecule has 23 heavy (non-hydrogen) atoms. The number of pyridine rings is 1.